The number of nitrogens with one attached hydrogen (secondary N) is 1. The topological polar surface area (TPSA) is 98.5 Å². The van der Waals surface area contributed by atoms with Gasteiger partial charge in [-0.05, 0) is 31.0 Å². The van der Waals surface area contributed by atoms with Crippen LogP contribution in [0.3, 0.4) is 0 Å². The number of anilines is 1. The zero-order valence-electron chi connectivity index (χ0n) is 13.9. The third-order valence-corrected chi connectivity index (χ3v) is 5.19. The lowest BCUT2D eigenvalue weighted by molar-refractivity contribution is -0.384. The van der Waals surface area contributed by atoms with Crippen LogP contribution >= 0.6 is 11.8 Å². The number of ether oxygens (including phenoxy) is 1. The second-order valence-corrected chi connectivity index (χ2v) is 7.04. The largest absolute Gasteiger partial charge is 0.452 e. The van der Waals surface area contributed by atoms with Crippen LogP contribution in [-0.4, -0.2) is 28.2 Å². The number of fused-ring (bicyclic) bond motifs is 1. The van der Waals surface area contributed by atoms with Gasteiger partial charge in [0.05, 0.1) is 4.92 Å². The van der Waals surface area contributed by atoms with Gasteiger partial charge in [0, 0.05) is 22.7 Å². The molecule has 0 fully saturated rings. The van der Waals surface area contributed by atoms with Gasteiger partial charge in [-0.25, -0.2) is 0 Å². The van der Waals surface area contributed by atoms with Crippen LogP contribution in [0.4, 0.5) is 11.4 Å². The Morgan fingerprint density at radius 1 is 1.27 bits per heavy atom. The molecule has 0 saturated carbocycles. The quantitative estimate of drug-likeness (QED) is 0.492. The zero-order chi connectivity index (χ0) is 18.7. The van der Waals surface area contributed by atoms with Gasteiger partial charge in [-0.2, -0.15) is 0 Å². The van der Waals surface area contributed by atoms with Crippen molar-refractivity contribution in [1.29, 1.82) is 0 Å². The second-order valence-electron chi connectivity index (χ2n) is 5.79. The molecule has 3 rings (SSSR count). The summed E-state index contributed by atoms with van der Waals surface area (Å²) in [5, 5.41) is 12.9. The van der Waals surface area contributed by atoms with E-state index in [1.807, 2.05) is 24.3 Å². The van der Waals surface area contributed by atoms with E-state index in [9.17, 15) is 19.7 Å². The van der Waals surface area contributed by atoms with E-state index in [0.717, 1.165) is 10.5 Å². The van der Waals surface area contributed by atoms with Crippen molar-refractivity contribution in [2.75, 3.05) is 5.32 Å². The van der Waals surface area contributed by atoms with Crippen LogP contribution in [0.2, 0.25) is 0 Å². The van der Waals surface area contributed by atoms with Crippen molar-refractivity contribution >= 4 is 35.0 Å². The number of hydrogen-bond donors (Lipinski definition) is 1. The number of nitrogens with zero attached hydrogens (tertiary/aromatic N) is 1. The third-order valence-electron chi connectivity index (χ3n) is 3.90. The molecule has 0 spiro atoms. The van der Waals surface area contributed by atoms with Gasteiger partial charge in [-0.15, -0.1) is 11.8 Å². The Morgan fingerprint density at radius 2 is 2.04 bits per heavy atom. The molecule has 1 N–H and O–H groups in total. The molecule has 2 atom stereocenters. The third kappa shape index (κ3) is 4.02. The van der Waals surface area contributed by atoms with Gasteiger partial charge in [-0.3, -0.25) is 19.7 Å². The van der Waals surface area contributed by atoms with Crippen molar-refractivity contribution in [2.24, 2.45) is 0 Å². The van der Waals surface area contributed by atoms with Gasteiger partial charge < -0.3 is 10.1 Å². The Labute approximate surface area is 153 Å². The van der Waals surface area contributed by atoms with E-state index in [1.54, 1.807) is 0 Å². The molecule has 1 aliphatic rings. The van der Waals surface area contributed by atoms with Gasteiger partial charge in [0.2, 0.25) is 0 Å². The summed E-state index contributed by atoms with van der Waals surface area (Å²) in [4.78, 5) is 35.8. The number of carbonyl (C=O) groups is 2. The average molecular weight is 372 g/mol. The minimum absolute atomic E-state index is 0.132. The van der Waals surface area contributed by atoms with Crippen molar-refractivity contribution in [3.8, 4) is 0 Å². The number of nitro groups is 1. The predicted octanol–water partition coefficient (Wildman–Crippen LogP) is 3.18. The summed E-state index contributed by atoms with van der Waals surface area (Å²) < 4.78 is 5.27. The SMILES string of the molecule is C[C@H](OC(=O)[C@H]1Cc2ccccc2S1)C(=O)Nc1cccc([N+](=O)[O-])c1. The summed E-state index contributed by atoms with van der Waals surface area (Å²) in [5.41, 5.74) is 1.23. The number of non-ortho nitro benzene ring substituents is 1. The molecular weight excluding hydrogens is 356 g/mol. The number of hydrogen-bond acceptors (Lipinski definition) is 6. The Morgan fingerprint density at radius 3 is 2.77 bits per heavy atom. The average Bonchev–Trinajstić information content (AvgIpc) is 3.06. The first-order chi connectivity index (χ1) is 12.4. The lowest BCUT2D eigenvalue weighted by atomic mass is 10.1. The molecule has 0 aliphatic carbocycles. The fourth-order valence-electron chi connectivity index (χ4n) is 2.56. The van der Waals surface area contributed by atoms with E-state index >= 15 is 0 Å². The fourth-order valence-corrected chi connectivity index (χ4v) is 3.74. The highest BCUT2D eigenvalue weighted by Crippen LogP contribution is 2.37. The zero-order valence-corrected chi connectivity index (χ0v) is 14.7. The van der Waals surface area contributed by atoms with E-state index in [4.69, 9.17) is 4.74 Å². The minimum Gasteiger partial charge on any atom is -0.452 e. The first-order valence-corrected chi connectivity index (χ1v) is 8.82. The van der Waals surface area contributed by atoms with Crippen LogP contribution in [0, 0.1) is 10.1 Å². The Bertz CT molecular complexity index is 845. The minimum atomic E-state index is -1.01. The molecule has 0 aromatic heterocycles. The first-order valence-electron chi connectivity index (χ1n) is 7.94. The van der Waals surface area contributed by atoms with Crippen LogP contribution in [-0.2, 0) is 20.7 Å². The molecule has 0 bridgehead atoms. The number of esters is 1. The molecule has 2 aromatic rings. The maximum absolute atomic E-state index is 12.3. The molecule has 1 heterocycles. The maximum atomic E-state index is 12.3. The standard InChI is InChI=1S/C18H16N2O5S/c1-11(17(21)19-13-6-4-7-14(10-13)20(23)24)25-18(22)16-9-12-5-2-3-8-15(12)26-16/h2-8,10-11,16H,9H2,1H3,(H,19,21)/t11-,16+/m0/s1. The maximum Gasteiger partial charge on any atom is 0.320 e. The smallest absolute Gasteiger partial charge is 0.320 e. The summed E-state index contributed by atoms with van der Waals surface area (Å²) in [6, 6.07) is 13.3. The summed E-state index contributed by atoms with van der Waals surface area (Å²) in [7, 11) is 0. The predicted molar refractivity (Wildman–Crippen MR) is 97.1 cm³/mol. The van der Waals surface area contributed by atoms with E-state index < -0.39 is 22.9 Å². The van der Waals surface area contributed by atoms with Gasteiger partial charge in [0.25, 0.3) is 11.6 Å². The number of benzene rings is 2. The Balaban J connectivity index is 1.57. The molecule has 26 heavy (non-hydrogen) atoms. The highest BCUT2D eigenvalue weighted by Gasteiger charge is 2.31. The number of thioether (sulfide) groups is 1. The summed E-state index contributed by atoms with van der Waals surface area (Å²) in [6.45, 7) is 1.47. The second kappa shape index (κ2) is 7.57. The van der Waals surface area contributed by atoms with Crippen LogP contribution in [0.1, 0.15) is 12.5 Å². The highest BCUT2D eigenvalue weighted by molar-refractivity contribution is 8.01. The van der Waals surface area contributed by atoms with Crippen molar-refractivity contribution in [3.63, 3.8) is 0 Å². The molecule has 134 valence electrons. The number of carbonyl (C=O) groups excluding carboxylic acids is 2. The van der Waals surface area contributed by atoms with Gasteiger partial charge >= 0.3 is 5.97 Å². The molecule has 8 heteroatoms. The van der Waals surface area contributed by atoms with Crippen LogP contribution in [0.5, 0.6) is 0 Å². The molecular formula is C18H16N2O5S. The Hall–Kier alpha value is -2.87. The van der Waals surface area contributed by atoms with E-state index in [1.165, 1.54) is 43.0 Å². The molecule has 0 radical (unpaired) electrons. The summed E-state index contributed by atoms with van der Waals surface area (Å²) >= 11 is 1.43. The molecule has 0 saturated heterocycles. The van der Waals surface area contributed by atoms with Crippen molar-refractivity contribution in [2.45, 2.75) is 29.6 Å². The van der Waals surface area contributed by atoms with Crippen molar-refractivity contribution < 1.29 is 19.2 Å². The van der Waals surface area contributed by atoms with Gasteiger partial charge in [0.1, 0.15) is 5.25 Å². The monoisotopic (exact) mass is 372 g/mol. The van der Waals surface area contributed by atoms with E-state index in [2.05, 4.69) is 5.32 Å². The van der Waals surface area contributed by atoms with E-state index in [-0.39, 0.29) is 16.6 Å². The lowest BCUT2D eigenvalue weighted by Gasteiger charge is -2.15. The van der Waals surface area contributed by atoms with Gasteiger partial charge in [0.15, 0.2) is 6.10 Å². The summed E-state index contributed by atoms with van der Waals surface area (Å²) in [6.07, 6.45) is -0.440. The number of amides is 1. The normalized spacial score (nSPS) is 16.4. The summed E-state index contributed by atoms with van der Waals surface area (Å²) in [5.74, 6) is -0.993. The van der Waals surface area contributed by atoms with Gasteiger partial charge in [-0.1, -0.05) is 24.3 Å². The van der Waals surface area contributed by atoms with E-state index in [0.29, 0.717) is 6.42 Å². The highest BCUT2D eigenvalue weighted by atomic mass is 32.2. The fraction of sp³-hybridized carbons (Fsp3) is 0.222. The lowest BCUT2D eigenvalue weighted by Crippen LogP contribution is -2.33. The number of nitro benzene ring substituents is 1. The molecule has 1 aliphatic heterocycles. The molecule has 1 amide bonds. The number of rotatable bonds is 5. The molecule has 0 unspecified atom stereocenters. The first kappa shape index (κ1) is 17.9. The van der Waals surface area contributed by atoms with Crippen LogP contribution in [0.25, 0.3) is 0 Å². The van der Waals surface area contributed by atoms with Crippen LogP contribution < -0.4 is 5.32 Å². The van der Waals surface area contributed by atoms with Crippen molar-refractivity contribution in [1.82, 2.24) is 0 Å². The van der Waals surface area contributed by atoms with Crippen molar-refractivity contribution in [3.05, 3.63) is 64.2 Å². The molecule has 7 nitrogen and oxygen atoms in total. The van der Waals surface area contributed by atoms with Crippen LogP contribution in [0.15, 0.2) is 53.4 Å². The molecule has 2 aromatic carbocycles. The Kier molecular flexibility index (Phi) is 5.22.